The molecule has 0 saturated carbocycles. The van der Waals surface area contributed by atoms with Gasteiger partial charge in [-0.1, -0.05) is 32.2 Å². The SMILES string of the molecule is CCc1cc(CC(=O)c2snnc2C(C)(C)C)n(CC)n1. The van der Waals surface area contributed by atoms with Gasteiger partial charge >= 0.3 is 0 Å². The second kappa shape index (κ2) is 6.05. The molecule has 21 heavy (non-hydrogen) atoms. The van der Waals surface area contributed by atoms with E-state index >= 15 is 0 Å². The van der Waals surface area contributed by atoms with Crippen LogP contribution in [0.25, 0.3) is 0 Å². The Bertz CT molecular complexity index is 636. The third-order valence-corrected chi connectivity index (χ3v) is 4.14. The number of carbonyl (C=O) groups is 1. The van der Waals surface area contributed by atoms with Crippen molar-refractivity contribution in [1.29, 1.82) is 0 Å². The smallest absolute Gasteiger partial charge is 0.182 e. The van der Waals surface area contributed by atoms with Crippen LogP contribution < -0.4 is 0 Å². The minimum Gasteiger partial charge on any atom is -0.293 e. The molecule has 0 aliphatic heterocycles. The van der Waals surface area contributed by atoms with Gasteiger partial charge in [0.15, 0.2) is 5.78 Å². The standard InChI is InChI=1S/C15H22N4OS/c1-6-10-8-11(19(7-2)17-10)9-12(20)13-14(15(3,4)5)16-18-21-13/h8H,6-7,9H2,1-5H3. The van der Waals surface area contributed by atoms with Crippen molar-refractivity contribution in [3.63, 3.8) is 0 Å². The Balaban J connectivity index is 2.27. The van der Waals surface area contributed by atoms with E-state index in [1.807, 2.05) is 38.4 Å². The summed E-state index contributed by atoms with van der Waals surface area (Å²) in [5, 5.41) is 8.63. The van der Waals surface area contributed by atoms with Crippen LogP contribution in [0.15, 0.2) is 6.07 Å². The largest absolute Gasteiger partial charge is 0.293 e. The number of hydrogen-bond donors (Lipinski definition) is 0. The van der Waals surface area contributed by atoms with Crippen LogP contribution in [-0.4, -0.2) is 25.2 Å². The molecule has 2 aromatic rings. The fraction of sp³-hybridized carbons (Fsp3) is 0.600. The van der Waals surface area contributed by atoms with Gasteiger partial charge < -0.3 is 0 Å². The summed E-state index contributed by atoms with van der Waals surface area (Å²) in [6.45, 7) is 11.0. The first kappa shape index (κ1) is 15.8. The molecule has 0 unspecified atom stereocenters. The lowest BCUT2D eigenvalue weighted by Crippen LogP contribution is -2.18. The minimum atomic E-state index is -0.169. The van der Waals surface area contributed by atoms with Gasteiger partial charge in [-0.3, -0.25) is 9.48 Å². The van der Waals surface area contributed by atoms with Crippen LogP contribution in [0.4, 0.5) is 0 Å². The molecule has 114 valence electrons. The molecule has 0 spiro atoms. The number of rotatable bonds is 5. The molecular weight excluding hydrogens is 284 g/mol. The summed E-state index contributed by atoms with van der Waals surface area (Å²) >= 11 is 1.19. The number of aryl methyl sites for hydroxylation is 2. The normalized spacial score (nSPS) is 11.9. The summed E-state index contributed by atoms with van der Waals surface area (Å²) in [6.07, 6.45) is 1.23. The van der Waals surface area contributed by atoms with E-state index < -0.39 is 0 Å². The highest BCUT2D eigenvalue weighted by atomic mass is 32.1. The summed E-state index contributed by atoms with van der Waals surface area (Å²) in [7, 11) is 0. The molecule has 0 amide bonds. The van der Waals surface area contributed by atoms with E-state index in [0.717, 1.165) is 30.0 Å². The predicted molar refractivity (Wildman–Crippen MR) is 83.9 cm³/mol. The molecule has 5 nitrogen and oxygen atoms in total. The highest BCUT2D eigenvalue weighted by Gasteiger charge is 2.26. The van der Waals surface area contributed by atoms with E-state index in [2.05, 4.69) is 21.6 Å². The average molecular weight is 306 g/mol. The van der Waals surface area contributed by atoms with Gasteiger partial charge in [0.2, 0.25) is 0 Å². The van der Waals surface area contributed by atoms with Gasteiger partial charge in [-0.15, -0.1) is 5.10 Å². The van der Waals surface area contributed by atoms with Gasteiger partial charge in [0.05, 0.1) is 17.8 Å². The first-order valence-electron chi connectivity index (χ1n) is 7.28. The highest BCUT2D eigenvalue weighted by molar-refractivity contribution is 7.08. The van der Waals surface area contributed by atoms with Crippen molar-refractivity contribution in [2.45, 2.75) is 59.4 Å². The molecule has 0 fully saturated rings. The van der Waals surface area contributed by atoms with Crippen LogP contribution in [-0.2, 0) is 24.8 Å². The van der Waals surface area contributed by atoms with E-state index in [1.54, 1.807) is 0 Å². The molecule has 0 atom stereocenters. The molecular formula is C15H22N4OS. The van der Waals surface area contributed by atoms with Gasteiger partial charge in [0, 0.05) is 17.7 Å². The average Bonchev–Trinajstić information content (AvgIpc) is 3.04. The Kier molecular flexibility index (Phi) is 4.56. The minimum absolute atomic E-state index is 0.0761. The first-order valence-corrected chi connectivity index (χ1v) is 8.05. The number of ketones is 1. The van der Waals surface area contributed by atoms with Crippen molar-refractivity contribution in [3.05, 3.63) is 28.0 Å². The molecule has 0 radical (unpaired) electrons. The summed E-state index contributed by atoms with van der Waals surface area (Å²) in [5.41, 5.74) is 2.61. The van der Waals surface area contributed by atoms with Crippen molar-refractivity contribution in [2.75, 3.05) is 0 Å². The van der Waals surface area contributed by atoms with Crippen molar-refractivity contribution >= 4 is 17.3 Å². The van der Waals surface area contributed by atoms with Crippen molar-refractivity contribution in [1.82, 2.24) is 19.4 Å². The maximum Gasteiger partial charge on any atom is 0.182 e. The van der Waals surface area contributed by atoms with Crippen LogP contribution in [0.3, 0.4) is 0 Å². The number of hydrogen-bond acceptors (Lipinski definition) is 5. The lowest BCUT2D eigenvalue weighted by Gasteiger charge is -2.15. The van der Waals surface area contributed by atoms with Crippen molar-refractivity contribution in [3.8, 4) is 0 Å². The van der Waals surface area contributed by atoms with E-state index in [9.17, 15) is 4.79 Å². The second-order valence-corrected chi connectivity index (χ2v) is 6.85. The zero-order chi connectivity index (χ0) is 15.6. The topological polar surface area (TPSA) is 60.7 Å². The zero-order valence-corrected chi connectivity index (χ0v) is 14.1. The number of nitrogens with zero attached hydrogens (tertiary/aromatic N) is 4. The Morgan fingerprint density at radius 1 is 1.33 bits per heavy atom. The van der Waals surface area contributed by atoms with Crippen molar-refractivity contribution < 1.29 is 4.79 Å². The van der Waals surface area contributed by atoms with Gasteiger partial charge in [0.25, 0.3) is 0 Å². The third kappa shape index (κ3) is 3.37. The fourth-order valence-corrected chi connectivity index (χ4v) is 3.02. The molecule has 6 heteroatoms. The highest BCUT2D eigenvalue weighted by Crippen LogP contribution is 2.27. The number of aromatic nitrogens is 4. The Morgan fingerprint density at radius 2 is 2.05 bits per heavy atom. The van der Waals surface area contributed by atoms with Crippen LogP contribution in [0.1, 0.15) is 61.4 Å². The van der Waals surface area contributed by atoms with E-state index in [0.29, 0.717) is 11.3 Å². The van der Waals surface area contributed by atoms with Gasteiger partial charge in [-0.05, 0) is 30.9 Å². The maximum atomic E-state index is 12.6. The summed E-state index contributed by atoms with van der Waals surface area (Å²) < 4.78 is 5.87. The quantitative estimate of drug-likeness (QED) is 0.797. The van der Waals surface area contributed by atoms with Crippen LogP contribution in [0, 0.1) is 0 Å². The summed E-state index contributed by atoms with van der Waals surface area (Å²) in [4.78, 5) is 13.3. The first-order chi connectivity index (χ1) is 9.86. The number of carbonyl (C=O) groups excluding carboxylic acids is 1. The maximum absolute atomic E-state index is 12.6. The number of Topliss-reactive ketones (excluding diaryl/α,β-unsaturated/α-hetero) is 1. The molecule has 0 aliphatic carbocycles. The molecule has 0 aromatic carbocycles. The summed E-state index contributed by atoms with van der Waals surface area (Å²) in [5.74, 6) is 0.0761. The Labute approximate surface area is 129 Å². The lowest BCUT2D eigenvalue weighted by atomic mass is 9.90. The van der Waals surface area contributed by atoms with Crippen LogP contribution in [0.2, 0.25) is 0 Å². The molecule has 2 aromatic heterocycles. The van der Waals surface area contributed by atoms with Gasteiger partial charge in [-0.25, -0.2) is 0 Å². The zero-order valence-electron chi connectivity index (χ0n) is 13.3. The molecule has 0 aliphatic rings. The monoisotopic (exact) mass is 306 g/mol. The van der Waals surface area contributed by atoms with Gasteiger partial charge in [-0.2, -0.15) is 5.10 Å². The predicted octanol–water partition coefficient (Wildman–Crippen LogP) is 3.04. The fourth-order valence-electron chi connectivity index (χ4n) is 2.21. The molecule has 2 heterocycles. The molecule has 0 saturated heterocycles. The van der Waals surface area contributed by atoms with Crippen molar-refractivity contribution in [2.24, 2.45) is 0 Å². The molecule has 2 rings (SSSR count). The second-order valence-electron chi connectivity index (χ2n) is 6.10. The van der Waals surface area contributed by atoms with Crippen LogP contribution in [0.5, 0.6) is 0 Å². The van der Waals surface area contributed by atoms with Crippen LogP contribution >= 0.6 is 11.5 Å². The molecule has 0 bridgehead atoms. The third-order valence-electron chi connectivity index (χ3n) is 3.37. The van der Waals surface area contributed by atoms with E-state index in [-0.39, 0.29) is 11.2 Å². The molecule has 0 N–H and O–H groups in total. The van der Waals surface area contributed by atoms with E-state index in [4.69, 9.17) is 0 Å². The lowest BCUT2D eigenvalue weighted by molar-refractivity contribution is 0.0992. The van der Waals surface area contributed by atoms with E-state index in [1.165, 1.54) is 11.5 Å². The van der Waals surface area contributed by atoms with Gasteiger partial charge in [0.1, 0.15) is 4.88 Å². The Morgan fingerprint density at radius 3 is 2.62 bits per heavy atom. The Hall–Kier alpha value is -1.56. The summed E-state index contributed by atoms with van der Waals surface area (Å²) in [6, 6.07) is 2.02.